The van der Waals surface area contributed by atoms with Crippen molar-refractivity contribution in [2.75, 3.05) is 13.2 Å². The minimum absolute atomic E-state index is 0.00126. The average molecular weight is 345 g/mol. The van der Waals surface area contributed by atoms with Crippen LogP contribution >= 0.6 is 0 Å². The number of Topliss-reactive ketones (excluding diaryl/α,β-unsaturated/α-hetero) is 1. The molecule has 0 heterocycles. The lowest BCUT2D eigenvalue weighted by atomic mass is 9.89. The fourth-order valence-corrected chi connectivity index (χ4v) is 3.20. The number of hydrogen-bond donors (Lipinski definition) is 1. The van der Waals surface area contributed by atoms with Gasteiger partial charge < -0.3 is 10.1 Å². The Morgan fingerprint density at radius 2 is 1.64 bits per heavy atom. The van der Waals surface area contributed by atoms with E-state index in [0.717, 1.165) is 42.4 Å². The molecule has 0 aromatic heterocycles. The van der Waals surface area contributed by atoms with Gasteiger partial charge in [0.05, 0.1) is 0 Å². The molecule has 1 aliphatic carbocycles. The Labute approximate surface area is 149 Å². The lowest BCUT2D eigenvalue weighted by molar-refractivity contribution is -0.143. The summed E-state index contributed by atoms with van der Waals surface area (Å²) in [6.45, 7) is 5.31. The molecule has 0 unspecified atom stereocenters. The highest BCUT2D eigenvalue weighted by Gasteiger charge is 2.21. The molecule has 1 fully saturated rings. The maximum absolute atomic E-state index is 12.3. The number of ether oxygens (including phenoxy) is 1. The highest BCUT2D eigenvalue weighted by atomic mass is 16.5. The van der Waals surface area contributed by atoms with E-state index in [4.69, 9.17) is 4.74 Å². The van der Waals surface area contributed by atoms with Gasteiger partial charge in [0.2, 0.25) is 11.7 Å². The van der Waals surface area contributed by atoms with E-state index in [2.05, 4.69) is 5.32 Å². The Morgan fingerprint density at radius 3 is 2.32 bits per heavy atom. The molecule has 1 saturated carbocycles. The van der Waals surface area contributed by atoms with Gasteiger partial charge in [-0.1, -0.05) is 25.3 Å². The van der Waals surface area contributed by atoms with Gasteiger partial charge in [-0.15, -0.1) is 0 Å². The topological polar surface area (TPSA) is 72.5 Å². The van der Waals surface area contributed by atoms with Crippen molar-refractivity contribution in [2.24, 2.45) is 5.92 Å². The van der Waals surface area contributed by atoms with Crippen molar-refractivity contribution < 1.29 is 19.1 Å². The number of carbonyl (C=O) groups is 3. The summed E-state index contributed by atoms with van der Waals surface area (Å²) >= 11 is 0. The van der Waals surface area contributed by atoms with Crippen molar-refractivity contribution in [2.45, 2.75) is 52.9 Å². The molecule has 1 amide bonds. The summed E-state index contributed by atoms with van der Waals surface area (Å²) in [4.78, 5) is 36.0. The SMILES string of the molecule is Cc1cc(C)c(C(=O)COC(=O)CNC(=O)C2CCCCC2)cc1C. The number of hydrogen-bond acceptors (Lipinski definition) is 4. The number of esters is 1. The number of ketones is 1. The molecule has 0 saturated heterocycles. The van der Waals surface area contributed by atoms with E-state index in [0.29, 0.717) is 5.56 Å². The fourth-order valence-electron chi connectivity index (χ4n) is 3.20. The summed E-state index contributed by atoms with van der Waals surface area (Å²) < 4.78 is 5.02. The molecule has 1 aromatic carbocycles. The molecule has 0 atom stereocenters. The number of benzene rings is 1. The molecular weight excluding hydrogens is 318 g/mol. The van der Waals surface area contributed by atoms with Crippen molar-refractivity contribution in [1.82, 2.24) is 5.32 Å². The first-order valence-corrected chi connectivity index (χ1v) is 8.93. The molecule has 136 valence electrons. The number of carbonyl (C=O) groups excluding carboxylic acids is 3. The van der Waals surface area contributed by atoms with Crippen LogP contribution in [0.2, 0.25) is 0 Å². The predicted octanol–water partition coefficient (Wildman–Crippen LogP) is 3.03. The van der Waals surface area contributed by atoms with Crippen LogP contribution in [0.15, 0.2) is 12.1 Å². The molecule has 1 N–H and O–H groups in total. The van der Waals surface area contributed by atoms with Gasteiger partial charge in [-0.3, -0.25) is 14.4 Å². The normalized spacial score (nSPS) is 14.8. The summed E-state index contributed by atoms with van der Waals surface area (Å²) in [6.07, 6.45) is 5.06. The van der Waals surface area contributed by atoms with Gasteiger partial charge in [-0.05, 0) is 56.4 Å². The first-order valence-electron chi connectivity index (χ1n) is 8.93. The number of rotatable bonds is 6. The van der Waals surface area contributed by atoms with Gasteiger partial charge in [0, 0.05) is 11.5 Å². The van der Waals surface area contributed by atoms with Gasteiger partial charge in [0.15, 0.2) is 6.61 Å². The van der Waals surface area contributed by atoms with Crippen molar-refractivity contribution in [3.8, 4) is 0 Å². The van der Waals surface area contributed by atoms with Crippen molar-refractivity contribution in [3.63, 3.8) is 0 Å². The van der Waals surface area contributed by atoms with Crippen LogP contribution in [-0.4, -0.2) is 30.8 Å². The fraction of sp³-hybridized carbons (Fsp3) is 0.550. The van der Waals surface area contributed by atoms with Crippen LogP contribution in [0.4, 0.5) is 0 Å². The summed E-state index contributed by atoms with van der Waals surface area (Å²) in [6, 6.07) is 3.78. The van der Waals surface area contributed by atoms with E-state index < -0.39 is 5.97 Å². The average Bonchev–Trinajstić information content (AvgIpc) is 2.61. The Balaban J connectivity index is 1.78. The standard InChI is InChI=1S/C20H27NO4/c1-13-9-15(3)17(10-14(13)2)18(22)12-25-19(23)11-21-20(24)16-7-5-4-6-8-16/h9-10,16H,4-8,11-12H2,1-3H3,(H,21,24). The maximum Gasteiger partial charge on any atom is 0.325 e. The molecule has 0 spiro atoms. The number of amides is 1. The predicted molar refractivity (Wildman–Crippen MR) is 95.5 cm³/mol. The van der Waals surface area contributed by atoms with Crippen LogP contribution in [0.25, 0.3) is 0 Å². The second-order valence-corrected chi connectivity index (χ2v) is 6.89. The van der Waals surface area contributed by atoms with Crippen LogP contribution in [0, 0.1) is 26.7 Å². The van der Waals surface area contributed by atoms with E-state index in [1.165, 1.54) is 6.42 Å². The van der Waals surface area contributed by atoms with Crippen molar-refractivity contribution >= 4 is 17.7 Å². The van der Waals surface area contributed by atoms with Crippen molar-refractivity contribution in [1.29, 1.82) is 0 Å². The zero-order chi connectivity index (χ0) is 18.4. The number of nitrogens with one attached hydrogen (secondary N) is 1. The first-order chi connectivity index (χ1) is 11.9. The van der Waals surface area contributed by atoms with Gasteiger partial charge in [-0.25, -0.2) is 0 Å². The summed E-state index contributed by atoms with van der Waals surface area (Å²) in [7, 11) is 0. The van der Waals surface area contributed by atoms with Crippen LogP contribution in [0.5, 0.6) is 0 Å². The Morgan fingerprint density at radius 1 is 1.00 bits per heavy atom. The molecule has 1 aromatic rings. The molecular formula is C20H27NO4. The zero-order valence-corrected chi connectivity index (χ0v) is 15.3. The van der Waals surface area contributed by atoms with Gasteiger partial charge >= 0.3 is 5.97 Å². The van der Waals surface area contributed by atoms with Gasteiger partial charge in [-0.2, -0.15) is 0 Å². The summed E-state index contributed by atoms with van der Waals surface area (Å²) in [5.74, 6) is -0.902. The first kappa shape index (κ1) is 19.2. The second kappa shape index (κ2) is 8.79. The summed E-state index contributed by atoms with van der Waals surface area (Å²) in [5, 5.41) is 2.62. The Bertz CT molecular complexity index is 660. The third-order valence-electron chi connectivity index (χ3n) is 4.89. The highest BCUT2D eigenvalue weighted by Crippen LogP contribution is 2.23. The van der Waals surface area contributed by atoms with Crippen LogP contribution < -0.4 is 5.32 Å². The monoisotopic (exact) mass is 345 g/mol. The summed E-state index contributed by atoms with van der Waals surface area (Å²) in [5.41, 5.74) is 3.59. The zero-order valence-electron chi connectivity index (χ0n) is 15.3. The third-order valence-corrected chi connectivity index (χ3v) is 4.89. The van der Waals surface area contributed by atoms with E-state index >= 15 is 0 Å². The maximum atomic E-state index is 12.3. The lowest BCUT2D eigenvalue weighted by Gasteiger charge is -2.20. The smallest absolute Gasteiger partial charge is 0.325 e. The number of aryl methyl sites for hydroxylation is 3. The Hall–Kier alpha value is -2.17. The molecule has 0 radical (unpaired) electrons. The molecule has 0 bridgehead atoms. The lowest BCUT2D eigenvalue weighted by Crippen LogP contribution is -2.36. The van der Waals surface area contributed by atoms with Crippen molar-refractivity contribution in [3.05, 3.63) is 34.4 Å². The second-order valence-electron chi connectivity index (χ2n) is 6.89. The minimum Gasteiger partial charge on any atom is -0.456 e. The molecule has 25 heavy (non-hydrogen) atoms. The van der Waals surface area contributed by atoms with E-state index in [9.17, 15) is 14.4 Å². The van der Waals surface area contributed by atoms with Gasteiger partial charge in [0.25, 0.3) is 0 Å². The molecule has 0 aliphatic heterocycles. The van der Waals surface area contributed by atoms with E-state index in [-0.39, 0.29) is 30.8 Å². The largest absolute Gasteiger partial charge is 0.456 e. The van der Waals surface area contributed by atoms with Crippen LogP contribution in [0.3, 0.4) is 0 Å². The Kier molecular flexibility index (Phi) is 6.73. The molecule has 5 nitrogen and oxygen atoms in total. The minimum atomic E-state index is -0.584. The molecule has 2 rings (SSSR count). The molecule has 1 aliphatic rings. The molecule has 5 heteroatoms. The quantitative estimate of drug-likeness (QED) is 0.635. The van der Waals surface area contributed by atoms with Crippen LogP contribution in [0.1, 0.15) is 59.2 Å². The third kappa shape index (κ3) is 5.41. The highest BCUT2D eigenvalue weighted by molar-refractivity contribution is 5.99. The van der Waals surface area contributed by atoms with E-state index in [1.807, 2.05) is 32.9 Å². The van der Waals surface area contributed by atoms with Gasteiger partial charge in [0.1, 0.15) is 6.54 Å². The van der Waals surface area contributed by atoms with E-state index in [1.54, 1.807) is 0 Å². The van der Waals surface area contributed by atoms with Crippen LogP contribution in [-0.2, 0) is 14.3 Å².